The number of piperidine rings is 1. The molecule has 0 aliphatic carbocycles. The fourth-order valence-electron chi connectivity index (χ4n) is 5.46. The van der Waals surface area contributed by atoms with Crippen molar-refractivity contribution in [2.45, 2.75) is 76.7 Å². The van der Waals surface area contributed by atoms with Crippen LogP contribution in [0.4, 0.5) is 13.6 Å². The maximum absolute atomic E-state index is 15.8. The largest absolute Gasteiger partial charge is 0.480 e. The summed E-state index contributed by atoms with van der Waals surface area (Å²) in [6.45, 7) is 8.24. The highest BCUT2D eigenvalue weighted by molar-refractivity contribution is 5.80. The highest BCUT2D eigenvalue weighted by Crippen LogP contribution is 2.44. The number of rotatable bonds is 8. The number of ether oxygens (including phenoxy) is 1. The van der Waals surface area contributed by atoms with Crippen LogP contribution in [0.3, 0.4) is 0 Å². The molecule has 3 atom stereocenters. The molecule has 1 saturated heterocycles. The highest BCUT2D eigenvalue weighted by atomic mass is 19.1. The lowest BCUT2D eigenvalue weighted by Crippen LogP contribution is -2.51. The van der Waals surface area contributed by atoms with Gasteiger partial charge < -0.3 is 24.6 Å². The van der Waals surface area contributed by atoms with Crippen LogP contribution in [-0.2, 0) is 9.53 Å². The monoisotopic (exact) mass is 518 g/mol. The quantitative estimate of drug-likeness (QED) is 0.522. The first-order valence-electron chi connectivity index (χ1n) is 12.8. The number of likely N-dealkylation sites (tertiary alicyclic amines) is 1. The van der Waals surface area contributed by atoms with Gasteiger partial charge in [-0.3, -0.25) is 0 Å². The maximum atomic E-state index is 15.8. The van der Waals surface area contributed by atoms with Gasteiger partial charge in [-0.05, 0) is 58.4 Å². The molecule has 2 N–H and O–H groups in total. The molecule has 1 aromatic carbocycles. The van der Waals surface area contributed by atoms with E-state index in [2.05, 4.69) is 10.3 Å². The Kier molecular flexibility index (Phi) is 7.60. The second-order valence-electron chi connectivity index (χ2n) is 11.3. The molecule has 1 amide bonds. The van der Waals surface area contributed by atoms with Crippen molar-refractivity contribution >= 4 is 12.1 Å². The summed E-state index contributed by atoms with van der Waals surface area (Å²) in [7, 11) is 0. The summed E-state index contributed by atoms with van der Waals surface area (Å²) in [5.41, 5.74) is 0.151. The number of nitrogens with one attached hydrogen (secondary N) is 1. The van der Waals surface area contributed by atoms with E-state index in [4.69, 9.17) is 4.74 Å². The van der Waals surface area contributed by atoms with Gasteiger partial charge in [0.25, 0.3) is 0 Å². The standard InChI is InChI=1S/C27H36F2N4O4/c1-17(23(24(34)35)31-25(36)37-26(2,3)4)15-32-12-10-27(29,11-13-32)9-8-20-22-18(6-5-7-19(22)28)21-14-30-16-33(20)21/h5-7,14,16-17,20,23H,8-13,15H2,1-4H3,(H,31,36)(H,34,35)/t17?,20?,23-/m0/s1. The van der Waals surface area contributed by atoms with Gasteiger partial charge in [-0.25, -0.2) is 23.4 Å². The summed E-state index contributed by atoms with van der Waals surface area (Å²) in [6, 6.07) is 3.60. The lowest BCUT2D eigenvalue weighted by atomic mass is 9.85. The Morgan fingerprint density at radius 1 is 1.30 bits per heavy atom. The molecule has 0 bridgehead atoms. The Hall–Kier alpha value is -3.01. The van der Waals surface area contributed by atoms with E-state index in [1.54, 1.807) is 46.3 Å². The number of imidazole rings is 1. The van der Waals surface area contributed by atoms with Gasteiger partial charge in [-0.1, -0.05) is 19.1 Å². The number of hydrogen-bond donors (Lipinski definition) is 2. The predicted molar refractivity (Wildman–Crippen MR) is 134 cm³/mol. The molecule has 37 heavy (non-hydrogen) atoms. The van der Waals surface area contributed by atoms with Gasteiger partial charge in [0.2, 0.25) is 0 Å². The second-order valence-corrected chi connectivity index (χ2v) is 11.3. The van der Waals surface area contributed by atoms with Gasteiger partial charge in [-0.2, -0.15) is 0 Å². The van der Waals surface area contributed by atoms with Crippen LogP contribution in [0.5, 0.6) is 0 Å². The number of aromatic nitrogens is 2. The Balaban J connectivity index is 1.31. The van der Waals surface area contributed by atoms with Crippen LogP contribution in [0.2, 0.25) is 0 Å². The van der Waals surface area contributed by atoms with Crippen molar-refractivity contribution in [1.29, 1.82) is 0 Å². The van der Waals surface area contributed by atoms with Crippen LogP contribution >= 0.6 is 0 Å². The Labute approximate surface area is 216 Å². The van der Waals surface area contributed by atoms with Crippen molar-refractivity contribution in [3.8, 4) is 11.3 Å². The summed E-state index contributed by atoms with van der Waals surface area (Å²) in [5.74, 6) is -1.83. The molecule has 10 heteroatoms. The zero-order valence-corrected chi connectivity index (χ0v) is 21.8. The number of carboxylic acids is 1. The molecule has 202 valence electrons. The molecule has 4 rings (SSSR count). The topological polar surface area (TPSA) is 96.7 Å². The number of carboxylic acid groups (broad SMARTS) is 1. The van der Waals surface area contributed by atoms with Crippen LogP contribution in [0.1, 0.15) is 65.0 Å². The van der Waals surface area contributed by atoms with E-state index in [0.717, 1.165) is 11.3 Å². The number of halogens is 2. The van der Waals surface area contributed by atoms with Crippen LogP contribution in [0.25, 0.3) is 11.3 Å². The molecular weight excluding hydrogens is 482 g/mol. The van der Waals surface area contributed by atoms with E-state index in [1.165, 1.54) is 6.07 Å². The second kappa shape index (κ2) is 10.4. The van der Waals surface area contributed by atoms with Gasteiger partial charge in [0, 0.05) is 30.8 Å². The maximum Gasteiger partial charge on any atom is 0.408 e. The fourth-order valence-corrected chi connectivity index (χ4v) is 5.46. The number of fused-ring (bicyclic) bond motifs is 3. The number of carbonyl (C=O) groups excluding carboxylic acids is 1. The van der Waals surface area contributed by atoms with Gasteiger partial charge in [0.1, 0.15) is 23.1 Å². The average Bonchev–Trinajstić information content (AvgIpc) is 3.39. The number of hydrogen-bond acceptors (Lipinski definition) is 5. The third-order valence-electron chi connectivity index (χ3n) is 7.34. The molecule has 0 spiro atoms. The minimum Gasteiger partial charge on any atom is -0.480 e. The molecule has 1 aromatic heterocycles. The van der Waals surface area contributed by atoms with Crippen molar-refractivity contribution in [1.82, 2.24) is 19.8 Å². The van der Waals surface area contributed by atoms with Crippen molar-refractivity contribution in [3.63, 3.8) is 0 Å². The molecule has 2 unspecified atom stereocenters. The number of alkyl carbamates (subject to hydrolysis) is 1. The zero-order valence-electron chi connectivity index (χ0n) is 21.8. The van der Waals surface area contributed by atoms with Crippen LogP contribution < -0.4 is 5.32 Å². The van der Waals surface area contributed by atoms with Crippen molar-refractivity contribution < 1.29 is 28.2 Å². The molecule has 3 heterocycles. The number of aliphatic carboxylic acids is 1. The minimum absolute atomic E-state index is 0.282. The van der Waals surface area contributed by atoms with Crippen LogP contribution in [0.15, 0.2) is 30.7 Å². The molecule has 0 radical (unpaired) electrons. The Morgan fingerprint density at radius 3 is 2.65 bits per heavy atom. The average molecular weight is 519 g/mol. The number of alkyl halides is 1. The first-order valence-corrected chi connectivity index (χ1v) is 12.8. The summed E-state index contributed by atoms with van der Waals surface area (Å²) in [6.07, 6.45) is 3.99. The fraction of sp³-hybridized carbons (Fsp3) is 0.593. The van der Waals surface area contributed by atoms with Gasteiger partial charge in [-0.15, -0.1) is 0 Å². The Bertz CT molecular complexity index is 1140. The molecule has 2 aromatic rings. The summed E-state index contributed by atoms with van der Waals surface area (Å²) >= 11 is 0. The molecule has 2 aliphatic heterocycles. The Morgan fingerprint density at radius 2 is 2.00 bits per heavy atom. The van der Waals surface area contributed by atoms with E-state index in [0.29, 0.717) is 50.9 Å². The summed E-state index contributed by atoms with van der Waals surface area (Å²) < 4.78 is 37.6. The normalized spacial score (nSPS) is 20.5. The van der Waals surface area contributed by atoms with Crippen LogP contribution in [-0.4, -0.2) is 68.6 Å². The van der Waals surface area contributed by atoms with Gasteiger partial charge >= 0.3 is 12.1 Å². The first-order chi connectivity index (χ1) is 17.4. The van der Waals surface area contributed by atoms with E-state index in [-0.39, 0.29) is 11.9 Å². The number of nitrogens with zero attached hydrogens (tertiary/aromatic N) is 3. The lowest BCUT2D eigenvalue weighted by molar-refractivity contribution is -0.141. The molecular formula is C27H36F2N4O4. The SMILES string of the molecule is CC(CN1CCC(F)(CCC2c3c(F)cccc3-c3cncn32)CC1)[C@H](NC(=O)OC(C)(C)C)C(=O)O. The summed E-state index contributed by atoms with van der Waals surface area (Å²) in [4.78, 5) is 30.1. The van der Waals surface area contributed by atoms with Crippen molar-refractivity contribution in [2.24, 2.45) is 5.92 Å². The third kappa shape index (κ3) is 6.11. The third-order valence-corrected chi connectivity index (χ3v) is 7.34. The van der Waals surface area contributed by atoms with E-state index >= 15 is 4.39 Å². The zero-order chi connectivity index (χ0) is 27.0. The molecule has 0 saturated carbocycles. The van der Waals surface area contributed by atoms with Gasteiger partial charge in [0.05, 0.1) is 24.3 Å². The molecule has 2 aliphatic rings. The number of amides is 1. The number of carbonyl (C=O) groups is 2. The van der Waals surface area contributed by atoms with E-state index in [9.17, 15) is 19.1 Å². The van der Waals surface area contributed by atoms with Gasteiger partial charge in [0.15, 0.2) is 0 Å². The predicted octanol–water partition coefficient (Wildman–Crippen LogP) is 4.79. The van der Waals surface area contributed by atoms with Crippen molar-refractivity contribution in [2.75, 3.05) is 19.6 Å². The smallest absolute Gasteiger partial charge is 0.408 e. The van der Waals surface area contributed by atoms with Crippen molar-refractivity contribution in [3.05, 3.63) is 42.1 Å². The van der Waals surface area contributed by atoms with Crippen LogP contribution in [0, 0.1) is 11.7 Å². The summed E-state index contributed by atoms with van der Waals surface area (Å²) in [5, 5.41) is 12.1. The first kappa shape index (κ1) is 27.0. The highest BCUT2D eigenvalue weighted by Gasteiger charge is 2.39. The molecule has 1 fully saturated rings. The lowest BCUT2D eigenvalue weighted by Gasteiger charge is -2.38. The molecule has 8 nitrogen and oxygen atoms in total. The van der Waals surface area contributed by atoms with E-state index < -0.39 is 35.3 Å². The van der Waals surface area contributed by atoms with E-state index in [1.807, 2.05) is 15.5 Å². The minimum atomic E-state index is -1.38. The number of benzene rings is 1.